The highest BCUT2D eigenvalue weighted by atomic mass is 15.2. The van der Waals surface area contributed by atoms with Gasteiger partial charge in [0.15, 0.2) is 0 Å². The van der Waals surface area contributed by atoms with Crippen molar-refractivity contribution in [3.05, 3.63) is 158 Å². The average molecular weight is 611 g/mol. The molecule has 0 amide bonds. The normalized spacial score (nSPS) is 12.2. The van der Waals surface area contributed by atoms with E-state index in [0.29, 0.717) is 5.95 Å². The van der Waals surface area contributed by atoms with Crippen molar-refractivity contribution in [2.24, 2.45) is 0 Å². The summed E-state index contributed by atoms with van der Waals surface area (Å²) < 4.78 is 4.73. The predicted molar refractivity (Wildman–Crippen MR) is 199 cm³/mol. The van der Waals surface area contributed by atoms with Crippen LogP contribution in [0.15, 0.2) is 158 Å². The summed E-state index contributed by atoms with van der Waals surface area (Å²) in [6, 6.07) is 56.4. The standard InChI is InChI=1S/C44H26N4/c1-2-11-27(12-3-1)28-23-25-29(26-24-28)42-34-14-4-6-18-35(34)45-44(46-42)48-37-20-9-15-31-33-17-8-16-32-30-13-5-7-19-36(30)47(43(32)33)38-21-10-22-39(48)41(38)40(31)37/h1-26H. The molecule has 4 heteroatoms. The molecule has 0 bridgehead atoms. The largest absolute Gasteiger partial charge is 0.308 e. The molecule has 0 N–H and O–H groups in total. The van der Waals surface area contributed by atoms with E-state index < -0.39 is 0 Å². The van der Waals surface area contributed by atoms with Crippen LogP contribution in [0.5, 0.6) is 0 Å². The second kappa shape index (κ2) is 9.50. The SMILES string of the molecule is c1ccc(-c2ccc(-c3nc(-n4c5cccc6c7cccc8c9ccccc9n(c9cccc4c9c65)c78)nc4ccccc34)cc2)cc1. The van der Waals surface area contributed by atoms with Crippen LogP contribution in [0.25, 0.3) is 99.1 Å². The van der Waals surface area contributed by atoms with E-state index in [1.54, 1.807) is 0 Å². The van der Waals surface area contributed by atoms with Gasteiger partial charge in [-0.15, -0.1) is 0 Å². The lowest BCUT2D eigenvalue weighted by Crippen LogP contribution is -2.03. The summed E-state index contributed by atoms with van der Waals surface area (Å²) >= 11 is 0. The van der Waals surface area contributed by atoms with Gasteiger partial charge in [-0.1, -0.05) is 127 Å². The molecule has 0 unspecified atom stereocenters. The van der Waals surface area contributed by atoms with Gasteiger partial charge in [0, 0.05) is 37.9 Å². The zero-order valence-corrected chi connectivity index (χ0v) is 25.8. The number of hydrogen-bond donors (Lipinski definition) is 0. The quantitative estimate of drug-likeness (QED) is 0.199. The van der Waals surface area contributed by atoms with Gasteiger partial charge in [-0.2, -0.15) is 0 Å². The first-order chi connectivity index (χ1) is 23.8. The van der Waals surface area contributed by atoms with Crippen LogP contribution in [0.3, 0.4) is 0 Å². The van der Waals surface area contributed by atoms with Crippen LogP contribution < -0.4 is 0 Å². The highest BCUT2D eigenvalue weighted by molar-refractivity contribution is 6.31. The van der Waals surface area contributed by atoms with E-state index in [9.17, 15) is 0 Å². The highest BCUT2D eigenvalue weighted by Gasteiger charge is 2.23. The van der Waals surface area contributed by atoms with Gasteiger partial charge in [0.1, 0.15) is 0 Å². The first-order valence-corrected chi connectivity index (χ1v) is 16.4. The minimum atomic E-state index is 0.668. The maximum atomic E-state index is 5.39. The van der Waals surface area contributed by atoms with Crippen LogP contribution in [0.4, 0.5) is 0 Å². The van der Waals surface area contributed by atoms with Crippen LogP contribution in [0, 0.1) is 0 Å². The second-order valence-corrected chi connectivity index (χ2v) is 12.6. The molecule has 222 valence electrons. The number of fused-ring (bicyclic) bond motifs is 6. The summed E-state index contributed by atoms with van der Waals surface area (Å²) in [7, 11) is 0. The van der Waals surface area contributed by atoms with Crippen LogP contribution in [0.2, 0.25) is 0 Å². The van der Waals surface area contributed by atoms with E-state index in [1.807, 2.05) is 0 Å². The zero-order valence-electron chi connectivity index (χ0n) is 25.8. The molecule has 48 heavy (non-hydrogen) atoms. The van der Waals surface area contributed by atoms with Crippen molar-refractivity contribution in [3.63, 3.8) is 0 Å². The van der Waals surface area contributed by atoms with Crippen molar-refractivity contribution in [1.29, 1.82) is 0 Å². The van der Waals surface area contributed by atoms with Gasteiger partial charge < -0.3 is 4.40 Å². The third kappa shape index (κ3) is 3.38. The first kappa shape index (κ1) is 25.6. The minimum Gasteiger partial charge on any atom is -0.308 e. The summed E-state index contributed by atoms with van der Waals surface area (Å²) in [5.74, 6) is 0.668. The zero-order chi connectivity index (χ0) is 31.3. The average Bonchev–Trinajstić information content (AvgIpc) is 3.64. The van der Waals surface area contributed by atoms with Crippen LogP contribution in [-0.2, 0) is 0 Å². The molecule has 0 spiro atoms. The van der Waals surface area contributed by atoms with Gasteiger partial charge in [0.25, 0.3) is 0 Å². The summed E-state index contributed by atoms with van der Waals surface area (Å²) in [4.78, 5) is 10.6. The Morgan fingerprint density at radius 1 is 0.354 bits per heavy atom. The molecule has 0 fully saturated rings. The molecule has 11 rings (SSSR count). The van der Waals surface area contributed by atoms with Crippen LogP contribution in [-0.4, -0.2) is 18.9 Å². The van der Waals surface area contributed by atoms with Gasteiger partial charge >= 0.3 is 0 Å². The van der Waals surface area contributed by atoms with Crippen molar-refractivity contribution < 1.29 is 0 Å². The fraction of sp³-hybridized carbons (Fsp3) is 0. The number of benzene rings is 7. The van der Waals surface area contributed by atoms with E-state index in [2.05, 4.69) is 167 Å². The summed E-state index contributed by atoms with van der Waals surface area (Å²) in [5.41, 5.74) is 11.1. The van der Waals surface area contributed by atoms with E-state index in [-0.39, 0.29) is 0 Å². The molecule has 0 aliphatic rings. The van der Waals surface area contributed by atoms with Gasteiger partial charge in [-0.05, 0) is 46.8 Å². The van der Waals surface area contributed by atoms with Crippen LogP contribution in [0.1, 0.15) is 0 Å². The molecule has 4 nitrogen and oxygen atoms in total. The number of para-hydroxylation sites is 3. The van der Waals surface area contributed by atoms with Gasteiger partial charge in [0.05, 0.1) is 38.8 Å². The van der Waals surface area contributed by atoms with Crippen molar-refractivity contribution >= 4 is 70.8 Å². The van der Waals surface area contributed by atoms with Crippen molar-refractivity contribution in [3.8, 4) is 28.3 Å². The number of rotatable bonds is 3. The molecule has 7 aromatic carbocycles. The molecule has 4 aromatic heterocycles. The molecular formula is C44H26N4. The Balaban J connectivity index is 1.25. The topological polar surface area (TPSA) is 35.1 Å². The third-order valence-corrected chi connectivity index (χ3v) is 10.1. The number of nitrogens with zero attached hydrogens (tertiary/aromatic N) is 4. The lowest BCUT2D eigenvalue weighted by molar-refractivity contribution is 1.01. The van der Waals surface area contributed by atoms with Crippen molar-refractivity contribution in [1.82, 2.24) is 18.9 Å². The molecule has 0 aliphatic heterocycles. The van der Waals surface area contributed by atoms with Crippen molar-refractivity contribution in [2.75, 3.05) is 0 Å². The molecule has 4 heterocycles. The Bertz CT molecular complexity index is 3040. The van der Waals surface area contributed by atoms with Gasteiger partial charge in [-0.25, -0.2) is 9.97 Å². The fourth-order valence-corrected chi connectivity index (χ4v) is 8.04. The molecule has 0 saturated heterocycles. The smallest absolute Gasteiger partial charge is 0.235 e. The van der Waals surface area contributed by atoms with E-state index in [0.717, 1.165) is 33.2 Å². The molecule has 11 aromatic rings. The second-order valence-electron chi connectivity index (χ2n) is 12.6. The predicted octanol–water partition coefficient (Wildman–Crippen LogP) is 11.2. The summed E-state index contributed by atoms with van der Waals surface area (Å²) in [6.45, 7) is 0. The van der Waals surface area contributed by atoms with Gasteiger partial charge in [0.2, 0.25) is 5.95 Å². The molecule has 0 radical (unpaired) electrons. The Labute approximate surface area is 275 Å². The number of hydrogen-bond acceptors (Lipinski definition) is 2. The molecule has 0 aliphatic carbocycles. The molecular weight excluding hydrogens is 585 g/mol. The maximum Gasteiger partial charge on any atom is 0.235 e. The minimum absolute atomic E-state index is 0.668. The first-order valence-electron chi connectivity index (χ1n) is 16.4. The van der Waals surface area contributed by atoms with Crippen LogP contribution >= 0.6 is 0 Å². The number of aromatic nitrogens is 4. The summed E-state index contributed by atoms with van der Waals surface area (Å²) in [5, 5.41) is 8.49. The lowest BCUT2D eigenvalue weighted by atomic mass is 10.0. The maximum absolute atomic E-state index is 5.39. The van der Waals surface area contributed by atoms with Crippen molar-refractivity contribution in [2.45, 2.75) is 0 Å². The third-order valence-electron chi connectivity index (χ3n) is 10.1. The fourth-order valence-electron chi connectivity index (χ4n) is 8.04. The molecule has 0 saturated carbocycles. The highest BCUT2D eigenvalue weighted by Crippen LogP contribution is 2.44. The monoisotopic (exact) mass is 610 g/mol. The Morgan fingerprint density at radius 3 is 1.77 bits per heavy atom. The van der Waals surface area contributed by atoms with E-state index >= 15 is 0 Å². The lowest BCUT2D eigenvalue weighted by Gasteiger charge is -2.12. The van der Waals surface area contributed by atoms with E-state index in [1.165, 1.54) is 60.0 Å². The molecule has 0 atom stereocenters. The summed E-state index contributed by atoms with van der Waals surface area (Å²) in [6.07, 6.45) is 0. The Morgan fingerprint density at radius 2 is 0.917 bits per heavy atom. The Hall–Kier alpha value is -6.52. The van der Waals surface area contributed by atoms with E-state index in [4.69, 9.17) is 9.97 Å². The Kier molecular flexibility index (Phi) is 5.08. The van der Waals surface area contributed by atoms with Gasteiger partial charge in [-0.3, -0.25) is 4.57 Å².